The van der Waals surface area contributed by atoms with Crippen molar-refractivity contribution in [3.8, 4) is 22.8 Å². The average molecular weight is 795 g/mol. The predicted molar refractivity (Wildman–Crippen MR) is 235 cm³/mol. The molecule has 10 rings (SSSR count). The lowest BCUT2D eigenvalue weighted by Crippen LogP contribution is -2.46. The van der Waals surface area contributed by atoms with E-state index in [2.05, 4.69) is 19.6 Å². The van der Waals surface area contributed by atoms with Crippen molar-refractivity contribution < 1.29 is 13.6 Å². The minimum Gasteiger partial charge on any atom is -0.368 e. The number of carbonyl (C=O) groups excluding carboxylic acids is 1. The lowest BCUT2D eigenvalue weighted by molar-refractivity contribution is 0.103. The fourth-order valence-corrected chi connectivity index (χ4v) is 8.45. The molecular weight excluding hydrogens is 755 g/mol. The van der Waals surface area contributed by atoms with Crippen LogP contribution in [0.15, 0.2) is 146 Å². The summed E-state index contributed by atoms with van der Waals surface area (Å²) < 4.78 is 27.5. The van der Waals surface area contributed by atoms with Gasteiger partial charge in [0, 0.05) is 86.2 Å². The van der Waals surface area contributed by atoms with E-state index in [0.717, 1.165) is 33.9 Å². The maximum absolute atomic E-state index is 15.7. The van der Waals surface area contributed by atoms with Crippen LogP contribution in [0.2, 0.25) is 0 Å². The topological polar surface area (TPSA) is 81.6 Å². The van der Waals surface area contributed by atoms with Crippen LogP contribution in [0.3, 0.4) is 0 Å². The molecule has 0 N–H and O–H groups in total. The normalized spacial score (nSPS) is 14.6. The van der Waals surface area contributed by atoms with E-state index in [1.807, 2.05) is 121 Å². The zero-order valence-corrected chi connectivity index (χ0v) is 32.8. The van der Waals surface area contributed by atoms with E-state index in [1.54, 1.807) is 0 Å². The van der Waals surface area contributed by atoms with Crippen molar-refractivity contribution in [3.63, 3.8) is 0 Å². The van der Waals surface area contributed by atoms with Crippen LogP contribution < -0.4 is 19.6 Å². The third kappa shape index (κ3) is 7.12. The number of nitrogens with zero attached hydrogens (tertiary/aromatic N) is 8. The monoisotopic (exact) mass is 794 g/mol. The van der Waals surface area contributed by atoms with Gasteiger partial charge in [-0.2, -0.15) is 0 Å². The summed E-state index contributed by atoms with van der Waals surface area (Å²) >= 11 is 0. The van der Waals surface area contributed by atoms with E-state index in [-0.39, 0.29) is 28.8 Å². The number of benzene rings is 6. The summed E-state index contributed by atoms with van der Waals surface area (Å²) in [5.74, 6) is 0.0548. The van der Waals surface area contributed by atoms with E-state index in [4.69, 9.17) is 19.9 Å². The maximum Gasteiger partial charge on any atom is 0.231 e. The molecule has 0 unspecified atom stereocenters. The van der Waals surface area contributed by atoms with Gasteiger partial charge in [-0.1, -0.05) is 72.8 Å². The molecule has 9 nitrogen and oxygen atoms in total. The van der Waals surface area contributed by atoms with Gasteiger partial charge in [0.15, 0.2) is 11.6 Å². The molecule has 0 amide bonds. The van der Waals surface area contributed by atoms with Crippen LogP contribution in [0.4, 0.5) is 31.5 Å². The molecule has 296 valence electrons. The first-order valence-corrected chi connectivity index (χ1v) is 20.2. The summed E-state index contributed by atoms with van der Waals surface area (Å²) in [6.07, 6.45) is 0. The van der Waals surface area contributed by atoms with Crippen molar-refractivity contribution in [1.29, 1.82) is 0 Å². The van der Waals surface area contributed by atoms with Gasteiger partial charge in [0.2, 0.25) is 5.78 Å². The molecular formula is C49H40F2N8O. The molecule has 2 aromatic heterocycles. The molecule has 2 fully saturated rings. The number of piperazine rings is 2. The Morgan fingerprint density at radius 1 is 0.400 bits per heavy atom. The van der Waals surface area contributed by atoms with Crippen molar-refractivity contribution in [1.82, 2.24) is 19.9 Å². The van der Waals surface area contributed by atoms with Crippen molar-refractivity contribution in [2.45, 2.75) is 0 Å². The van der Waals surface area contributed by atoms with Gasteiger partial charge in [-0.15, -0.1) is 0 Å². The molecule has 0 spiro atoms. The fourth-order valence-electron chi connectivity index (χ4n) is 8.45. The van der Waals surface area contributed by atoms with Gasteiger partial charge >= 0.3 is 0 Å². The zero-order chi connectivity index (χ0) is 40.6. The van der Waals surface area contributed by atoms with Crippen LogP contribution in [0.25, 0.3) is 44.6 Å². The number of anilines is 4. The number of rotatable bonds is 8. The summed E-state index contributed by atoms with van der Waals surface area (Å²) in [5.41, 5.74) is 7.12. The van der Waals surface area contributed by atoms with Crippen molar-refractivity contribution in [3.05, 3.63) is 169 Å². The van der Waals surface area contributed by atoms with Crippen LogP contribution in [-0.4, -0.2) is 78.1 Å². The van der Waals surface area contributed by atoms with Crippen LogP contribution in [0.1, 0.15) is 16.2 Å². The Morgan fingerprint density at radius 2 is 0.767 bits per heavy atom. The van der Waals surface area contributed by atoms with Gasteiger partial charge in [-0.3, -0.25) is 4.79 Å². The van der Waals surface area contributed by atoms with Gasteiger partial charge < -0.3 is 19.6 Å². The molecule has 0 saturated carbocycles. The second kappa shape index (κ2) is 15.8. The molecule has 11 heteroatoms. The van der Waals surface area contributed by atoms with Crippen LogP contribution in [0.5, 0.6) is 0 Å². The summed E-state index contributed by atoms with van der Waals surface area (Å²) in [4.78, 5) is 45.2. The molecule has 2 aliphatic rings. The standard InChI is InChI=1S/C49H40F2N8O/c50-35-17-21-37(22-18-35)56-25-29-58(30-26-56)41-15-7-13-39-43(41)45(54-48(52-39)33-9-3-1-4-10-33)47(60)46-44-40(53-49(55-46)34-11-5-2-6-12-34)14-8-16-42(44)59-31-27-57(28-32-59)38-23-19-36(51)20-24-38/h1-24H,25-32H2. The highest BCUT2D eigenvalue weighted by Crippen LogP contribution is 2.37. The quantitative estimate of drug-likeness (QED) is 0.140. The third-order valence-electron chi connectivity index (χ3n) is 11.5. The van der Waals surface area contributed by atoms with Gasteiger partial charge in [0.25, 0.3) is 0 Å². The van der Waals surface area contributed by atoms with Gasteiger partial charge in [-0.25, -0.2) is 28.7 Å². The maximum atomic E-state index is 15.7. The Labute approximate surface area is 346 Å². The fraction of sp³-hybridized carbons (Fsp3) is 0.163. The first kappa shape index (κ1) is 37.0. The van der Waals surface area contributed by atoms with E-state index in [0.29, 0.717) is 85.8 Å². The number of halogens is 2. The molecule has 2 saturated heterocycles. The van der Waals surface area contributed by atoms with Crippen LogP contribution in [0, 0.1) is 11.6 Å². The predicted octanol–water partition coefficient (Wildman–Crippen LogP) is 9.07. The van der Waals surface area contributed by atoms with E-state index in [1.165, 1.54) is 24.3 Å². The third-order valence-corrected chi connectivity index (χ3v) is 11.5. The lowest BCUT2D eigenvalue weighted by atomic mass is 10.00. The SMILES string of the molecule is O=C(c1nc(-c2ccccc2)nc2cccc(N3CCN(c4ccc(F)cc4)CC3)c12)c1nc(-c2ccccc2)nc2cccc(N3CCN(c4ccc(F)cc4)CC3)c12. The summed E-state index contributed by atoms with van der Waals surface area (Å²) in [6, 6.07) is 44.6. The highest BCUT2D eigenvalue weighted by Gasteiger charge is 2.29. The number of fused-ring (bicyclic) bond motifs is 2. The first-order valence-electron chi connectivity index (χ1n) is 20.2. The van der Waals surface area contributed by atoms with Crippen LogP contribution >= 0.6 is 0 Å². The molecule has 0 bridgehead atoms. The minimum atomic E-state index is -0.320. The Hall–Kier alpha value is -7.27. The number of aromatic nitrogens is 4. The van der Waals surface area contributed by atoms with Crippen molar-refractivity contribution in [2.24, 2.45) is 0 Å². The largest absolute Gasteiger partial charge is 0.368 e. The van der Waals surface area contributed by atoms with E-state index < -0.39 is 0 Å². The van der Waals surface area contributed by atoms with E-state index in [9.17, 15) is 8.78 Å². The van der Waals surface area contributed by atoms with Gasteiger partial charge in [-0.05, 0) is 72.8 Å². The highest BCUT2D eigenvalue weighted by atomic mass is 19.1. The molecule has 0 radical (unpaired) electrons. The minimum absolute atomic E-state index is 0.260. The molecule has 8 aromatic rings. The van der Waals surface area contributed by atoms with Crippen molar-refractivity contribution >= 4 is 50.3 Å². The second-order valence-corrected chi connectivity index (χ2v) is 15.1. The number of ketones is 1. The van der Waals surface area contributed by atoms with E-state index >= 15 is 4.79 Å². The van der Waals surface area contributed by atoms with Crippen molar-refractivity contribution in [2.75, 3.05) is 72.0 Å². The number of hydrogen-bond acceptors (Lipinski definition) is 9. The van der Waals surface area contributed by atoms with Gasteiger partial charge in [0.05, 0.1) is 21.8 Å². The Morgan fingerprint density at radius 3 is 1.15 bits per heavy atom. The van der Waals surface area contributed by atoms with Gasteiger partial charge in [0.1, 0.15) is 23.0 Å². The Kier molecular flexibility index (Phi) is 9.76. The second-order valence-electron chi connectivity index (χ2n) is 15.1. The summed E-state index contributed by atoms with van der Waals surface area (Å²) in [7, 11) is 0. The summed E-state index contributed by atoms with van der Waals surface area (Å²) in [5, 5.41) is 1.33. The lowest BCUT2D eigenvalue weighted by Gasteiger charge is -2.38. The number of carbonyl (C=O) groups is 1. The molecule has 0 atom stereocenters. The summed E-state index contributed by atoms with van der Waals surface area (Å²) in [6.45, 7) is 5.54. The molecule has 6 aromatic carbocycles. The average Bonchev–Trinajstić information content (AvgIpc) is 3.31. The Balaban J connectivity index is 1.10. The molecule has 4 heterocycles. The highest BCUT2D eigenvalue weighted by molar-refractivity contribution is 6.22. The molecule has 2 aliphatic heterocycles. The number of hydrogen-bond donors (Lipinski definition) is 0. The molecule has 0 aliphatic carbocycles. The Bertz CT molecular complexity index is 2630. The zero-order valence-electron chi connectivity index (χ0n) is 32.8. The first-order chi connectivity index (χ1) is 29.5. The smallest absolute Gasteiger partial charge is 0.231 e. The van der Waals surface area contributed by atoms with Crippen LogP contribution in [-0.2, 0) is 0 Å². The molecule has 60 heavy (non-hydrogen) atoms.